The van der Waals surface area contributed by atoms with Gasteiger partial charge in [0.15, 0.2) is 0 Å². The minimum atomic E-state index is 0.315. The molecular weight excluding hydrogens is 813 g/mol. The fourth-order valence-corrected chi connectivity index (χ4v) is 9.21. The largest absolute Gasteiger partial charge is 0.480 e. The first kappa shape index (κ1) is 42.8. The normalized spacial score (nSPS) is 16.9. The van der Waals surface area contributed by atoms with E-state index in [9.17, 15) is 10.5 Å². The van der Waals surface area contributed by atoms with Crippen LogP contribution in [-0.2, 0) is 48.2 Å². The lowest BCUT2D eigenvalue weighted by Crippen LogP contribution is -2.29. The van der Waals surface area contributed by atoms with Crippen LogP contribution in [0.3, 0.4) is 0 Å². The number of nitrogens with one attached hydrogen (secondary N) is 2. The number of aromatic nitrogens is 10. The molecule has 64 heavy (non-hydrogen) atoms. The summed E-state index contributed by atoms with van der Waals surface area (Å²) in [6.45, 7) is 8.79. The van der Waals surface area contributed by atoms with Crippen LogP contribution in [-0.4, -0.2) is 116 Å². The van der Waals surface area contributed by atoms with E-state index in [1.54, 1.807) is 24.5 Å². The van der Waals surface area contributed by atoms with E-state index in [-0.39, 0.29) is 0 Å². The van der Waals surface area contributed by atoms with Gasteiger partial charge in [0.25, 0.3) is 0 Å². The van der Waals surface area contributed by atoms with Gasteiger partial charge in [0, 0.05) is 60.6 Å². The Morgan fingerprint density at radius 1 is 0.656 bits per heavy atom. The van der Waals surface area contributed by atoms with E-state index in [1.165, 1.54) is 51.0 Å². The molecule has 0 radical (unpaired) electrons. The fraction of sp³-hybridized carbons (Fsp3) is 0.478. The number of hydrogen-bond acceptors (Lipinski definition) is 14. The molecule has 0 atom stereocenters. The zero-order valence-corrected chi connectivity index (χ0v) is 36.5. The van der Waals surface area contributed by atoms with Crippen molar-refractivity contribution in [3.8, 4) is 57.8 Å². The zero-order valence-electron chi connectivity index (χ0n) is 36.5. The van der Waals surface area contributed by atoms with Gasteiger partial charge >= 0.3 is 0 Å². The van der Waals surface area contributed by atoms with Gasteiger partial charge in [-0.15, -0.1) is 0 Å². The molecule has 0 bridgehead atoms. The second-order valence-corrected chi connectivity index (χ2v) is 16.6. The highest BCUT2D eigenvalue weighted by molar-refractivity contribution is 5.67. The number of methoxy groups -OCH3 is 2. The number of nitrogens with zero attached hydrogens (tertiary/aromatic N) is 12. The molecule has 4 aliphatic rings. The number of hydrogen-bond donors (Lipinski definition) is 2. The Balaban J connectivity index is 0.000000162. The number of nitriles is 2. The molecule has 4 aliphatic heterocycles. The third-order valence-electron chi connectivity index (χ3n) is 12.5. The van der Waals surface area contributed by atoms with Crippen molar-refractivity contribution in [2.45, 2.75) is 64.5 Å². The Kier molecular flexibility index (Phi) is 13.4. The predicted octanol–water partition coefficient (Wildman–Crippen LogP) is 4.25. The molecule has 0 saturated carbocycles. The second-order valence-electron chi connectivity index (χ2n) is 16.6. The van der Waals surface area contributed by atoms with Crippen LogP contribution in [0, 0.1) is 34.5 Å². The first-order valence-corrected chi connectivity index (χ1v) is 22.3. The lowest BCUT2D eigenvalue weighted by Gasteiger charge is -2.22. The first-order valence-electron chi connectivity index (χ1n) is 22.3. The summed E-state index contributed by atoms with van der Waals surface area (Å²) in [4.78, 5) is 8.64. The number of pyridine rings is 2. The van der Waals surface area contributed by atoms with Crippen LogP contribution >= 0.6 is 0 Å². The predicted molar refractivity (Wildman–Crippen MR) is 235 cm³/mol. The second kappa shape index (κ2) is 19.9. The SMILES string of the molecule is COc1ncc(-n2nc(-c3cnn(CC4CCNCC4)c3)c3c2CCOCC3)cc1C#N.COc1ncc(-n2nc3c(c2-c2cnn(CC4CCNCC4)c2)CCOCC3)cc1C#N. The summed E-state index contributed by atoms with van der Waals surface area (Å²) < 4.78 is 29.8. The van der Waals surface area contributed by atoms with Crippen LogP contribution in [0.15, 0.2) is 49.3 Å². The standard InChI is InChI=1S/2C23H27N7O2/c1-31-23-17(11-24)10-19(13-26-23)30-21-5-9-32-8-4-20(21)22(28-30)18-12-27-29(15-18)14-16-2-6-25-7-3-16;1-31-23-17(11-24)10-19(13-26-23)30-22(20-4-8-32-9-5-21(20)28-30)18-12-27-29(15-18)14-16-2-6-25-7-3-16/h2*10,12-13,15-16,25H,2-9,14H2,1H3. The average Bonchev–Trinajstić information content (AvgIpc) is 4.08. The lowest BCUT2D eigenvalue weighted by molar-refractivity contribution is 0.145. The molecule has 0 amide bonds. The minimum Gasteiger partial charge on any atom is -0.480 e. The van der Waals surface area contributed by atoms with Crippen LogP contribution in [0.4, 0.5) is 0 Å². The highest BCUT2D eigenvalue weighted by Crippen LogP contribution is 2.33. The highest BCUT2D eigenvalue weighted by atomic mass is 16.5. The molecule has 332 valence electrons. The van der Waals surface area contributed by atoms with Gasteiger partial charge in [-0.05, 0) is 88.7 Å². The Morgan fingerprint density at radius 2 is 1.19 bits per heavy atom. The summed E-state index contributed by atoms with van der Waals surface area (Å²) in [5.41, 5.74) is 10.7. The number of ether oxygens (including phenoxy) is 4. The summed E-state index contributed by atoms with van der Waals surface area (Å²) in [5, 5.41) is 45.1. The van der Waals surface area contributed by atoms with Crippen molar-refractivity contribution in [3.05, 3.63) is 83.0 Å². The summed E-state index contributed by atoms with van der Waals surface area (Å²) in [6.07, 6.45) is 19.2. The molecule has 6 aromatic rings. The maximum absolute atomic E-state index is 9.53. The summed E-state index contributed by atoms with van der Waals surface area (Å²) >= 11 is 0. The monoisotopic (exact) mass is 866 g/mol. The summed E-state index contributed by atoms with van der Waals surface area (Å²) in [5.74, 6) is 1.93. The van der Waals surface area contributed by atoms with Crippen molar-refractivity contribution in [1.29, 1.82) is 10.5 Å². The Labute approximate surface area is 372 Å². The Morgan fingerprint density at radius 3 is 1.78 bits per heavy atom. The van der Waals surface area contributed by atoms with Crippen LogP contribution < -0.4 is 20.1 Å². The number of piperidine rings is 2. The lowest BCUT2D eigenvalue weighted by atomic mass is 9.98. The minimum absolute atomic E-state index is 0.315. The van der Waals surface area contributed by atoms with Crippen molar-refractivity contribution < 1.29 is 18.9 Å². The van der Waals surface area contributed by atoms with Crippen LogP contribution in [0.1, 0.15) is 59.3 Å². The van der Waals surface area contributed by atoms with E-state index in [4.69, 9.17) is 29.1 Å². The van der Waals surface area contributed by atoms with Gasteiger partial charge < -0.3 is 29.6 Å². The van der Waals surface area contributed by atoms with Crippen molar-refractivity contribution in [3.63, 3.8) is 0 Å². The molecule has 2 N–H and O–H groups in total. The molecule has 0 aliphatic carbocycles. The smallest absolute Gasteiger partial charge is 0.231 e. The molecule has 0 aromatic carbocycles. The molecule has 10 rings (SSSR count). The van der Waals surface area contributed by atoms with Crippen molar-refractivity contribution >= 4 is 0 Å². The van der Waals surface area contributed by atoms with Gasteiger partial charge in [0.05, 0.1) is 99.6 Å². The van der Waals surface area contributed by atoms with Crippen LogP contribution in [0.2, 0.25) is 0 Å². The molecule has 0 unspecified atom stereocenters. The average molecular weight is 867 g/mol. The van der Waals surface area contributed by atoms with Crippen LogP contribution in [0.5, 0.6) is 11.8 Å². The third kappa shape index (κ3) is 9.27. The molecule has 0 spiro atoms. The van der Waals surface area contributed by atoms with Gasteiger partial charge in [-0.1, -0.05) is 0 Å². The van der Waals surface area contributed by atoms with E-state index in [1.807, 2.05) is 26.4 Å². The van der Waals surface area contributed by atoms with Crippen molar-refractivity contribution in [2.24, 2.45) is 11.8 Å². The summed E-state index contributed by atoms with van der Waals surface area (Å²) in [6, 6.07) is 7.87. The first-order chi connectivity index (χ1) is 31.5. The molecule has 18 heteroatoms. The maximum Gasteiger partial charge on any atom is 0.231 e. The van der Waals surface area contributed by atoms with Crippen LogP contribution in [0.25, 0.3) is 33.9 Å². The summed E-state index contributed by atoms with van der Waals surface area (Å²) in [7, 11) is 3.03. The van der Waals surface area contributed by atoms with Gasteiger partial charge in [0.2, 0.25) is 11.8 Å². The third-order valence-corrected chi connectivity index (χ3v) is 12.5. The van der Waals surface area contributed by atoms with E-state index in [0.717, 1.165) is 110 Å². The van der Waals surface area contributed by atoms with Gasteiger partial charge in [-0.2, -0.15) is 30.9 Å². The van der Waals surface area contributed by atoms with E-state index in [0.29, 0.717) is 61.2 Å². The van der Waals surface area contributed by atoms with E-state index < -0.39 is 0 Å². The van der Waals surface area contributed by atoms with Crippen molar-refractivity contribution in [2.75, 3.05) is 66.8 Å². The quantitative estimate of drug-likeness (QED) is 0.198. The van der Waals surface area contributed by atoms with Crippen molar-refractivity contribution in [1.82, 2.24) is 59.7 Å². The molecule has 6 aromatic heterocycles. The molecule has 10 heterocycles. The maximum atomic E-state index is 9.53. The molecule has 2 saturated heterocycles. The van der Waals surface area contributed by atoms with Gasteiger partial charge in [-0.3, -0.25) is 9.36 Å². The van der Waals surface area contributed by atoms with Gasteiger partial charge in [-0.25, -0.2) is 19.3 Å². The molecular formula is C46H54N14O4. The fourth-order valence-electron chi connectivity index (χ4n) is 9.21. The molecule has 2 fully saturated rings. The number of rotatable bonds is 10. The Hall–Kier alpha value is -6.44. The van der Waals surface area contributed by atoms with Gasteiger partial charge in [0.1, 0.15) is 23.3 Å². The Bertz CT molecular complexity index is 2630. The topological polar surface area (TPSA) is 206 Å². The highest BCUT2D eigenvalue weighted by Gasteiger charge is 2.26. The van der Waals surface area contributed by atoms with E-state index >= 15 is 0 Å². The number of fused-ring (bicyclic) bond motifs is 2. The zero-order chi connectivity index (χ0) is 43.8. The van der Waals surface area contributed by atoms with E-state index in [2.05, 4.69) is 60.0 Å². The molecule has 18 nitrogen and oxygen atoms in total.